The van der Waals surface area contributed by atoms with Gasteiger partial charge in [0, 0.05) is 25.4 Å². The minimum absolute atomic E-state index is 0.326. The van der Waals surface area contributed by atoms with Gasteiger partial charge in [-0.1, -0.05) is 18.2 Å². The maximum Gasteiger partial charge on any atom is 0.0434 e. The van der Waals surface area contributed by atoms with E-state index in [1.165, 1.54) is 17.7 Å². The van der Waals surface area contributed by atoms with E-state index in [1.54, 1.807) is 0 Å². The molecule has 2 rings (SSSR count). The minimum Gasteiger partial charge on any atom is -0.396 e. The van der Waals surface area contributed by atoms with Crippen LogP contribution in [-0.4, -0.2) is 24.8 Å². The summed E-state index contributed by atoms with van der Waals surface area (Å²) in [6.45, 7) is 4.72. The van der Waals surface area contributed by atoms with Crippen molar-refractivity contribution in [2.75, 3.05) is 24.6 Å². The summed E-state index contributed by atoms with van der Waals surface area (Å²) >= 11 is 0. The summed E-state index contributed by atoms with van der Waals surface area (Å²) in [5.74, 6) is 0.676. The molecule has 1 fully saturated rings. The van der Waals surface area contributed by atoms with Gasteiger partial charge < -0.3 is 10.0 Å². The molecule has 1 N–H and O–H groups in total. The van der Waals surface area contributed by atoms with Crippen LogP contribution in [0.1, 0.15) is 18.4 Å². The number of para-hydroxylation sites is 1. The van der Waals surface area contributed by atoms with Crippen molar-refractivity contribution in [1.29, 1.82) is 0 Å². The molecule has 1 unspecified atom stereocenters. The number of aliphatic hydroxyl groups excluding tert-OH is 1. The molecule has 0 amide bonds. The van der Waals surface area contributed by atoms with Crippen molar-refractivity contribution in [3.63, 3.8) is 0 Å². The Balaban J connectivity index is 2.04. The number of rotatable bonds is 3. The van der Waals surface area contributed by atoms with Crippen molar-refractivity contribution in [3.8, 4) is 0 Å². The van der Waals surface area contributed by atoms with E-state index < -0.39 is 0 Å². The van der Waals surface area contributed by atoms with Gasteiger partial charge in [0.2, 0.25) is 0 Å². The molecule has 2 heteroatoms. The second-order valence-electron chi connectivity index (χ2n) is 4.40. The van der Waals surface area contributed by atoms with Crippen LogP contribution in [0.5, 0.6) is 0 Å². The molecule has 1 aromatic carbocycles. The first kappa shape index (κ1) is 10.5. The molecule has 1 saturated heterocycles. The minimum atomic E-state index is 0.326. The first-order valence-electron chi connectivity index (χ1n) is 5.72. The van der Waals surface area contributed by atoms with Gasteiger partial charge in [-0.05, 0) is 37.3 Å². The molecule has 15 heavy (non-hydrogen) atoms. The number of hydrogen-bond donors (Lipinski definition) is 1. The van der Waals surface area contributed by atoms with Crippen molar-refractivity contribution >= 4 is 5.69 Å². The average Bonchev–Trinajstić information content (AvgIpc) is 2.68. The van der Waals surface area contributed by atoms with Crippen LogP contribution in [0.2, 0.25) is 0 Å². The number of benzene rings is 1. The van der Waals surface area contributed by atoms with Crippen LogP contribution in [0.4, 0.5) is 5.69 Å². The molecule has 1 aliphatic heterocycles. The van der Waals surface area contributed by atoms with Crippen LogP contribution in [-0.2, 0) is 0 Å². The highest BCUT2D eigenvalue weighted by Gasteiger charge is 2.22. The van der Waals surface area contributed by atoms with Gasteiger partial charge in [0.25, 0.3) is 0 Å². The Morgan fingerprint density at radius 1 is 1.40 bits per heavy atom. The zero-order chi connectivity index (χ0) is 10.7. The van der Waals surface area contributed by atoms with E-state index in [2.05, 4.69) is 36.1 Å². The van der Waals surface area contributed by atoms with Gasteiger partial charge in [-0.15, -0.1) is 0 Å². The Labute approximate surface area is 91.5 Å². The van der Waals surface area contributed by atoms with E-state index in [0.717, 1.165) is 19.5 Å². The normalized spacial score (nSPS) is 20.9. The highest BCUT2D eigenvalue weighted by Crippen LogP contribution is 2.27. The molecule has 1 atom stereocenters. The number of nitrogens with zero attached hydrogens (tertiary/aromatic N) is 1. The summed E-state index contributed by atoms with van der Waals surface area (Å²) in [4.78, 5) is 2.44. The molecular weight excluding hydrogens is 186 g/mol. The number of aliphatic hydroxyl groups is 1. The molecule has 0 aromatic heterocycles. The summed E-state index contributed by atoms with van der Waals surface area (Å²) in [6, 6.07) is 8.53. The summed E-state index contributed by atoms with van der Waals surface area (Å²) in [7, 11) is 0. The van der Waals surface area contributed by atoms with Gasteiger partial charge >= 0.3 is 0 Å². The molecule has 0 bridgehead atoms. The van der Waals surface area contributed by atoms with Gasteiger partial charge in [-0.2, -0.15) is 0 Å². The Kier molecular flexibility index (Phi) is 3.27. The van der Waals surface area contributed by atoms with E-state index in [-0.39, 0.29) is 0 Å². The fourth-order valence-electron chi connectivity index (χ4n) is 2.39. The second kappa shape index (κ2) is 4.67. The lowest BCUT2D eigenvalue weighted by molar-refractivity contribution is 0.263. The van der Waals surface area contributed by atoms with Crippen LogP contribution in [0, 0.1) is 12.8 Å². The summed E-state index contributed by atoms with van der Waals surface area (Å²) in [6.07, 6.45) is 2.16. The highest BCUT2D eigenvalue weighted by molar-refractivity contribution is 5.53. The Morgan fingerprint density at radius 2 is 2.20 bits per heavy atom. The predicted octanol–water partition coefficient (Wildman–Crippen LogP) is 2.20. The lowest BCUT2D eigenvalue weighted by Crippen LogP contribution is -2.20. The molecule has 0 saturated carbocycles. The van der Waals surface area contributed by atoms with Crippen molar-refractivity contribution in [1.82, 2.24) is 0 Å². The van der Waals surface area contributed by atoms with Gasteiger partial charge in [0.1, 0.15) is 0 Å². The van der Waals surface area contributed by atoms with Crippen molar-refractivity contribution in [2.24, 2.45) is 5.92 Å². The van der Waals surface area contributed by atoms with E-state index in [4.69, 9.17) is 5.11 Å². The van der Waals surface area contributed by atoms with Gasteiger partial charge in [-0.25, -0.2) is 0 Å². The monoisotopic (exact) mass is 205 g/mol. The molecular formula is C13H19NO. The van der Waals surface area contributed by atoms with E-state index >= 15 is 0 Å². The molecule has 82 valence electrons. The zero-order valence-electron chi connectivity index (χ0n) is 9.32. The van der Waals surface area contributed by atoms with Gasteiger partial charge in [0.15, 0.2) is 0 Å². The number of hydrogen-bond acceptors (Lipinski definition) is 2. The second-order valence-corrected chi connectivity index (χ2v) is 4.40. The highest BCUT2D eigenvalue weighted by atomic mass is 16.3. The SMILES string of the molecule is Cc1ccccc1N1CCC(CCO)C1. The molecule has 1 heterocycles. The van der Waals surface area contributed by atoms with Crippen LogP contribution in [0.15, 0.2) is 24.3 Å². The van der Waals surface area contributed by atoms with Crippen LogP contribution >= 0.6 is 0 Å². The fourth-order valence-corrected chi connectivity index (χ4v) is 2.39. The smallest absolute Gasteiger partial charge is 0.0434 e. The third-order valence-electron chi connectivity index (χ3n) is 3.28. The van der Waals surface area contributed by atoms with Crippen LogP contribution in [0.25, 0.3) is 0 Å². The predicted molar refractivity (Wildman–Crippen MR) is 63.2 cm³/mol. The topological polar surface area (TPSA) is 23.5 Å². The van der Waals surface area contributed by atoms with Gasteiger partial charge in [0.05, 0.1) is 0 Å². The summed E-state index contributed by atoms with van der Waals surface area (Å²) < 4.78 is 0. The average molecular weight is 205 g/mol. The lowest BCUT2D eigenvalue weighted by atomic mass is 10.1. The van der Waals surface area contributed by atoms with E-state index in [1.807, 2.05) is 0 Å². The largest absolute Gasteiger partial charge is 0.396 e. The molecule has 1 aromatic rings. The maximum absolute atomic E-state index is 8.92. The van der Waals surface area contributed by atoms with Crippen LogP contribution in [0.3, 0.4) is 0 Å². The zero-order valence-corrected chi connectivity index (χ0v) is 9.32. The quantitative estimate of drug-likeness (QED) is 0.817. The first-order chi connectivity index (χ1) is 7.31. The number of aryl methyl sites for hydroxylation is 1. The third-order valence-corrected chi connectivity index (χ3v) is 3.28. The lowest BCUT2D eigenvalue weighted by Gasteiger charge is -2.20. The molecule has 2 nitrogen and oxygen atoms in total. The molecule has 1 aliphatic rings. The van der Waals surface area contributed by atoms with Crippen molar-refractivity contribution in [3.05, 3.63) is 29.8 Å². The molecule has 0 spiro atoms. The number of anilines is 1. The van der Waals surface area contributed by atoms with E-state index in [0.29, 0.717) is 12.5 Å². The van der Waals surface area contributed by atoms with Crippen molar-refractivity contribution < 1.29 is 5.11 Å². The maximum atomic E-state index is 8.92. The summed E-state index contributed by atoms with van der Waals surface area (Å²) in [5.41, 5.74) is 2.71. The Hall–Kier alpha value is -1.02. The van der Waals surface area contributed by atoms with E-state index in [9.17, 15) is 0 Å². The summed E-state index contributed by atoms with van der Waals surface area (Å²) in [5, 5.41) is 8.92. The Bertz CT molecular complexity index is 324. The van der Waals surface area contributed by atoms with Gasteiger partial charge in [-0.3, -0.25) is 0 Å². The van der Waals surface area contributed by atoms with Crippen molar-refractivity contribution in [2.45, 2.75) is 19.8 Å². The standard InChI is InChI=1S/C13H19NO/c1-11-4-2-3-5-13(11)14-8-6-12(10-14)7-9-15/h2-5,12,15H,6-10H2,1H3. The molecule has 0 radical (unpaired) electrons. The fraction of sp³-hybridized carbons (Fsp3) is 0.538. The Morgan fingerprint density at radius 3 is 2.93 bits per heavy atom. The first-order valence-corrected chi connectivity index (χ1v) is 5.72. The molecule has 0 aliphatic carbocycles. The van der Waals surface area contributed by atoms with Crippen LogP contribution < -0.4 is 4.90 Å². The third kappa shape index (κ3) is 2.32.